The Labute approximate surface area is 180 Å². The molecule has 7 nitrogen and oxygen atoms in total. The number of aromatic nitrogens is 2. The van der Waals surface area contributed by atoms with Crippen molar-refractivity contribution in [1.29, 1.82) is 0 Å². The van der Waals surface area contributed by atoms with Crippen molar-refractivity contribution >= 4 is 5.91 Å². The number of benzene rings is 2. The van der Waals surface area contributed by atoms with Crippen LogP contribution >= 0.6 is 0 Å². The van der Waals surface area contributed by atoms with E-state index in [0.29, 0.717) is 11.3 Å². The molecule has 2 aromatic carbocycles. The van der Waals surface area contributed by atoms with Gasteiger partial charge in [-0.25, -0.2) is 9.07 Å². The zero-order valence-electron chi connectivity index (χ0n) is 16.9. The fourth-order valence-electron chi connectivity index (χ4n) is 3.50. The Balaban J connectivity index is 1.54. The molecule has 1 aromatic heterocycles. The predicted molar refractivity (Wildman–Crippen MR) is 108 cm³/mol. The second-order valence-electron chi connectivity index (χ2n) is 7.08. The maximum atomic E-state index is 13.5. The van der Waals surface area contributed by atoms with Gasteiger partial charge < -0.3 is 14.4 Å². The molecule has 1 aliphatic heterocycles. The normalized spacial score (nSPS) is 13.7. The maximum absolute atomic E-state index is 13.5. The largest absolute Gasteiger partial charge is 0.496 e. The molecule has 166 valence electrons. The maximum Gasteiger partial charge on any atom is 0.387 e. The Morgan fingerprint density at radius 1 is 1.09 bits per heavy atom. The van der Waals surface area contributed by atoms with Gasteiger partial charge in [0.2, 0.25) is 0 Å². The third-order valence-electron chi connectivity index (χ3n) is 5.09. The summed E-state index contributed by atoms with van der Waals surface area (Å²) in [5, 5.41) is 4.37. The van der Waals surface area contributed by atoms with Crippen LogP contribution in [0.4, 0.5) is 13.2 Å². The highest BCUT2D eigenvalue weighted by Crippen LogP contribution is 2.30. The molecule has 2 heterocycles. The first kappa shape index (κ1) is 21.4. The van der Waals surface area contributed by atoms with Crippen LogP contribution in [0.15, 0.2) is 59.4 Å². The lowest BCUT2D eigenvalue weighted by Crippen LogP contribution is -2.53. The molecule has 32 heavy (non-hydrogen) atoms. The first-order chi connectivity index (χ1) is 15.4. The summed E-state index contributed by atoms with van der Waals surface area (Å²) < 4.78 is 49.6. The van der Waals surface area contributed by atoms with Crippen molar-refractivity contribution in [3.05, 3.63) is 76.3 Å². The first-order valence-corrected chi connectivity index (χ1v) is 9.64. The number of rotatable bonds is 6. The van der Waals surface area contributed by atoms with Crippen LogP contribution in [-0.2, 0) is 0 Å². The number of methoxy groups -OCH3 is 1. The lowest BCUT2D eigenvalue weighted by Gasteiger charge is -2.39. The number of halogens is 3. The summed E-state index contributed by atoms with van der Waals surface area (Å²) in [6, 6.07) is 12.2. The summed E-state index contributed by atoms with van der Waals surface area (Å²) in [6.07, 6.45) is 0. The van der Waals surface area contributed by atoms with Crippen LogP contribution in [0.2, 0.25) is 0 Å². The van der Waals surface area contributed by atoms with Gasteiger partial charge in [-0.2, -0.15) is 13.9 Å². The molecular weight excluding hydrogens is 427 g/mol. The molecule has 1 aliphatic rings. The van der Waals surface area contributed by atoms with Gasteiger partial charge in [-0.3, -0.25) is 9.59 Å². The summed E-state index contributed by atoms with van der Waals surface area (Å²) in [4.78, 5) is 26.5. The minimum absolute atomic E-state index is 0.0105. The van der Waals surface area contributed by atoms with Crippen LogP contribution in [0.3, 0.4) is 0 Å². The molecule has 4 rings (SSSR count). The minimum Gasteiger partial charge on any atom is -0.496 e. The molecular formula is C22H18F3N3O4. The molecule has 0 N–H and O–H groups in total. The van der Waals surface area contributed by atoms with E-state index in [9.17, 15) is 22.8 Å². The number of para-hydroxylation sites is 1. The van der Waals surface area contributed by atoms with Gasteiger partial charge in [-0.1, -0.05) is 12.1 Å². The van der Waals surface area contributed by atoms with Crippen LogP contribution < -0.4 is 15.0 Å². The van der Waals surface area contributed by atoms with E-state index in [2.05, 4.69) is 9.84 Å². The average molecular weight is 445 g/mol. The SMILES string of the molecule is COc1cc(F)ccc1-c1ccc(=O)n(C2CN(C(=O)c3ccccc3OC(F)F)C2)n1. The van der Waals surface area contributed by atoms with Gasteiger partial charge in [0.1, 0.15) is 17.3 Å². The van der Waals surface area contributed by atoms with Crippen LogP contribution in [0.25, 0.3) is 11.3 Å². The van der Waals surface area contributed by atoms with Crippen molar-refractivity contribution in [3.8, 4) is 22.8 Å². The third-order valence-corrected chi connectivity index (χ3v) is 5.09. The molecule has 3 aromatic rings. The van der Waals surface area contributed by atoms with E-state index in [1.54, 1.807) is 6.07 Å². The Morgan fingerprint density at radius 3 is 2.56 bits per heavy atom. The molecule has 0 saturated carbocycles. The number of carbonyl (C=O) groups is 1. The monoisotopic (exact) mass is 445 g/mol. The predicted octanol–water partition coefficient (Wildman–Crippen LogP) is 3.36. The highest BCUT2D eigenvalue weighted by Gasteiger charge is 2.35. The summed E-state index contributed by atoms with van der Waals surface area (Å²) in [7, 11) is 1.40. The molecule has 0 atom stereocenters. The van der Waals surface area contributed by atoms with Crippen molar-refractivity contribution in [2.45, 2.75) is 12.7 Å². The average Bonchev–Trinajstić information content (AvgIpc) is 2.74. The van der Waals surface area contributed by atoms with Crippen molar-refractivity contribution in [2.75, 3.05) is 20.2 Å². The number of hydrogen-bond donors (Lipinski definition) is 0. The fraction of sp³-hybridized carbons (Fsp3) is 0.227. The van der Waals surface area contributed by atoms with Crippen molar-refractivity contribution in [1.82, 2.24) is 14.7 Å². The quantitative estimate of drug-likeness (QED) is 0.582. The standard InChI is InChI=1S/C22H18F3N3O4/c1-31-19-10-13(23)6-7-15(19)17-8-9-20(29)28(26-17)14-11-27(12-14)21(30)16-4-2-3-5-18(16)32-22(24)25/h2-10,14,22H,11-12H2,1H3. The number of amides is 1. The van der Waals surface area contributed by atoms with Crippen molar-refractivity contribution in [3.63, 3.8) is 0 Å². The van der Waals surface area contributed by atoms with Crippen LogP contribution in [0.5, 0.6) is 11.5 Å². The molecule has 0 unspecified atom stereocenters. The fourth-order valence-corrected chi connectivity index (χ4v) is 3.50. The second-order valence-corrected chi connectivity index (χ2v) is 7.08. The summed E-state index contributed by atoms with van der Waals surface area (Å²) in [5.41, 5.74) is 0.555. The Kier molecular flexibility index (Phi) is 5.85. The van der Waals surface area contributed by atoms with Gasteiger partial charge in [-0.05, 0) is 30.3 Å². The zero-order valence-corrected chi connectivity index (χ0v) is 16.9. The molecule has 0 radical (unpaired) electrons. The second kappa shape index (κ2) is 8.74. The number of likely N-dealkylation sites (tertiary alicyclic amines) is 1. The van der Waals surface area contributed by atoms with E-state index in [4.69, 9.17) is 4.74 Å². The topological polar surface area (TPSA) is 73.7 Å². The molecule has 0 spiro atoms. The summed E-state index contributed by atoms with van der Waals surface area (Å²) in [6.45, 7) is -2.72. The molecule has 0 bridgehead atoms. The van der Waals surface area contributed by atoms with E-state index < -0.39 is 24.4 Å². The van der Waals surface area contributed by atoms with Crippen molar-refractivity contribution in [2.24, 2.45) is 0 Å². The van der Waals surface area contributed by atoms with Crippen LogP contribution in [-0.4, -0.2) is 47.4 Å². The Morgan fingerprint density at radius 2 is 1.84 bits per heavy atom. The van der Waals surface area contributed by atoms with Crippen molar-refractivity contribution < 1.29 is 27.4 Å². The lowest BCUT2D eigenvalue weighted by molar-refractivity contribution is -0.0504. The molecule has 1 saturated heterocycles. The smallest absolute Gasteiger partial charge is 0.387 e. The molecule has 0 aliphatic carbocycles. The molecule has 10 heteroatoms. The Hall–Kier alpha value is -3.82. The van der Waals surface area contributed by atoms with Gasteiger partial charge in [0.15, 0.2) is 0 Å². The number of alkyl halides is 2. The van der Waals surface area contributed by atoms with Crippen LogP contribution in [0.1, 0.15) is 16.4 Å². The van der Waals surface area contributed by atoms with E-state index in [1.807, 2.05) is 0 Å². The van der Waals surface area contributed by atoms with E-state index in [0.717, 1.165) is 0 Å². The number of nitrogens with zero attached hydrogens (tertiary/aromatic N) is 3. The van der Waals surface area contributed by atoms with Gasteiger partial charge in [0.25, 0.3) is 11.5 Å². The number of ether oxygens (including phenoxy) is 2. The van der Waals surface area contributed by atoms with Gasteiger partial charge in [-0.15, -0.1) is 0 Å². The Bertz CT molecular complexity index is 1210. The lowest BCUT2D eigenvalue weighted by atomic mass is 10.1. The molecule has 1 fully saturated rings. The third kappa shape index (κ3) is 4.16. The summed E-state index contributed by atoms with van der Waals surface area (Å²) in [5.74, 6) is -0.898. The first-order valence-electron chi connectivity index (χ1n) is 9.64. The number of hydrogen-bond acceptors (Lipinski definition) is 5. The van der Waals surface area contributed by atoms with Gasteiger partial charge in [0, 0.05) is 30.8 Å². The minimum atomic E-state index is -3.05. The van der Waals surface area contributed by atoms with E-state index in [-0.39, 0.29) is 35.7 Å². The van der Waals surface area contributed by atoms with Gasteiger partial charge >= 0.3 is 6.61 Å². The highest BCUT2D eigenvalue weighted by atomic mass is 19.3. The van der Waals surface area contributed by atoms with Gasteiger partial charge in [0.05, 0.1) is 24.4 Å². The zero-order chi connectivity index (χ0) is 22.8. The van der Waals surface area contributed by atoms with Crippen LogP contribution in [0, 0.1) is 5.82 Å². The summed E-state index contributed by atoms with van der Waals surface area (Å²) >= 11 is 0. The number of carbonyl (C=O) groups excluding carboxylic acids is 1. The van der Waals surface area contributed by atoms with E-state index in [1.165, 1.54) is 65.2 Å². The van der Waals surface area contributed by atoms with E-state index >= 15 is 0 Å². The highest BCUT2D eigenvalue weighted by molar-refractivity contribution is 5.97. The molecule has 1 amide bonds.